The van der Waals surface area contributed by atoms with Gasteiger partial charge in [0.15, 0.2) is 5.58 Å². The molecule has 1 N–H and O–H groups in total. The Kier molecular flexibility index (Phi) is 1.77. The van der Waals surface area contributed by atoms with E-state index in [1.54, 1.807) is 0 Å². The van der Waals surface area contributed by atoms with Crippen LogP contribution in [0, 0.1) is 0 Å². The SMILES string of the molecule is c1cc2oncc2c2c1CCNCC2. The van der Waals surface area contributed by atoms with Gasteiger partial charge in [0.05, 0.1) is 6.20 Å². The standard InChI is InChI=1S/C11H12N2O/c1-2-11-10(7-13-14-11)9-4-6-12-5-3-8(1)9/h1-2,7,12H,3-6H2. The van der Waals surface area contributed by atoms with Crippen LogP contribution in [0.15, 0.2) is 22.9 Å². The molecule has 1 aliphatic heterocycles. The van der Waals surface area contributed by atoms with Crippen LogP contribution in [-0.4, -0.2) is 18.2 Å². The van der Waals surface area contributed by atoms with Gasteiger partial charge < -0.3 is 9.84 Å². The highest BCUT2D eigenvalue weighted by atomic mass is 16.5. The summed E-state index contributed by atoms with van der Waals surface area (Å²) in [5, 5.41) is 8.43. The molecule has 0 saturated carbocycles. The monoisotopic (exact) mass is 188 g/mol. The summed E-state index contributed by atoms with van der Waals surface area (Å²) in [6, 6.07) is 4.18. The number of nitrogens with zero attached hydrogens (tertiary/aromatic N) is 1. The van der Waals surface area contributed by atoms with Gasteiger partial charge in [-0.3, -0.25) is 0 Å². The van der Waals surface area contributed by atoms with Crippen molar-refractivity contribution in [2.45, 2.75) is 12.8 Å². The number of rotatable bonds is 0. The van der Waals surface area contributed by atoms with Crippen LogP contribution in [0.1, 0.15) is 11.1 Å². The average Bonchev–Trinajstić information content (AvgIpc) is 2.55. The topological polar surface area (TPSA) is 38.1 Å². The predicted molar refractivity (Wildman–Crippen MR) is 54.3 cm³/mol. The van der Waals surface area contributed by atoms with Crippen molar-refractivity contribution >= 4 is 11.0 Å². The van der Waals surface area contributed by atoms with Gasteiger partial charge in [-0.05, 0) is 43.1 Å². The van der Waals surface area contributed by atoms with Crippen LogP contribution in [0.3, 0.4) is 0 Å². The van der Waals surface area contributed by atoms with Crippen LogP contribution in [-0.2, 0) is 12.8 Å². The summed E-state index contributed by atoms with van der Waals surface area (Å²) in [7, 11) is 0. The van der Waals surface area contributed by atoms with E-state index in [-0.39, 0.29) is 0 Å². The van der Waals surface area contributed by atoms with E-state index in [0.717, 1.165) is 31.5 Å². The summed E-state index contributed by atoms with van der Waals surface area (Å²) >= 11 is 0. The molecular formula is C11H12N2O. The van der Waals surface area contributed by atoms with Crippen LogP contribution >= 0.6 is 0 Å². The van der Waals surface area contributed by atoms with Crippen molar-refractivity contribution in [3.8, 4) is 0 Å². The molecule has 0 radical (unpaired) electrons. The number of hydrogen-bond acceptors (Lipinski definition) is 3. The molecular weight excluding hydrogens is 176 g/mol. The molecule has 0 amide bonds. The molecule has 3 nitrogen and oxygen atoms in total. The maximum Gasteiger partial charge on any atom is 0.167 e. The number of aromatic nitrogens is 1. The van der Waals surface area contributed by atoms with Crippen LogP contribution < -0.4 is 5.32 Å². The molecule has 14 heavy (non-hydrogen) atoms. The molecule has 1 aliphatic rings. The molecule has 0 fully saturated rings. The zero-order valence-corrected chi connectivity index (χ0v) is 7.92. The van der Waals surface area contributed by atoms with Gasteiger partial charge in [0.2, 0.25) is 0 Å². The van der Waals surface area contributed by atoms with E-state index in [2.05, 4.69) is 16.5 Å². The van der Waals surface area contributed by atoms with Gasteiger partial charge in [-0.25, -0.2) is 0 Å². The van der Waals surface area contributed by atoms with Gasteiger partial charge in [0.1, 0.15) is 0 Å². The van der Waals surface area contributed by atoms with E-state index >= 15 is 0 Å². The molecule has 0 unspecified atom stereocenters. The molecule has 0 bridgehead atoms. The molecule has 1 aromatic heterocycles. The van der Waals surface area contributed by atoms with Crippen LogP contribution in [0.25, 0.3) is 11.0 Å². The predicted octanol–water partition coefficient (Wildman–Crippen LogP) is 1.52. The third-order valence-corrected chi connectivity index (χ3v) is 2.87. The van der Waals surface area contributed by atoms with Crippen molar-refractivity contribution in [2.24, 2.45) is 0 Å². The minimum Gasteiger partial charge on any atom is -0.356 e. The Morgan fingerprint density at radius 2 is 2.14 bits per heavy atom. The molecule has 3 rings (SSSR count). The number of hydrogen-bond donors (Lipinski definition) is 1. The zero-order valence-electron chi connectivity index (χ0n) is 7.92. The molecule has 1 aromatic carbocycles. The molecule has 2 heterocycles. The summed E-state index contributed by atoms with van der Waals surface area (Å²) in [6.07, 6.45) is 4.02. The molecule has 2 aromatic rings. The normalized spacial score (nSPS) is 16.6. The Bertz CT molecular complexity index is 461. The Hall–Kier alpha value is -1.35. The first-order valence-electron chi connectivity index (χ1n) is 5.01. The van der Waals surface area contributed by atoms with E-state index in [0.29, 0.717) is 0 Å². The van der Waals surface area contributed by atoms with E-state index in [1.807, 2.05) is 12.3 Å². The third kappa shape index (κ3) is 1.13. The van der Waals surface area contributed by atoms with Gasteiger partial charge in [-0.15, -0.1) is 0 Å². The second-order valence-corrected chi connectivity index (χ2v) is 3.69. The van der Waals surface area contributed by atoms with Gasteiger partial charge >= 0.3 is 0 Å². The van der Waals surface area contributed by atoms with Crippen molar-refractivity contribution in [1.29, 1.82) is 0 Å². The fraction of sp³-hybridized carbons (Fsp3) is 0.364. The number of benzene rings is 1. The Balaban J connectivity index is 2.26. The molecule has 0 spiro atoms. The van der Waals surface area contributed by atoms with Gasteiger partial charge in [-0.1, -0.05) is 11.2 Å². The Morgan fingerprint density at radius 3 is 3.14 bits per heavy atom. The molecule has 0 aliphatic carbocycles. The lowest BCUT2D eigenvalue weighted by molar-refractivity contribution is 0.456. The van der Waals surface area contributed by atoms with Crippen LogP contribution in [0.5, 0.6) is 0 Å². The van der Waals surface area contributed by atoms with Crippen LogP contribution in [0.4, 0.5) is 0 Å². The minimum atomic E-state index is 0.908. The molecule has 72 valence electrons. The molecule has 3 heteroatoms. The maximum absolute atomic E-state index is 5.15. The Labute approximate surface area is 82.1 Å². The lowest BCUT2D eigenvalue weighted by Crippen LogP contribution is -2.16. The first-order chi connectivity index (χ1) is 6.95. The van der Waals surface area contributed by atoms with Crippen molar-refractivity contribution in [2.75, 3.05) is 13.1 Å². The highest BCUT2D eigenvalue weighted by Crippen LogP contribution is 2.24. The highest BCUT2D eigenvalue weighted by molar-refractivity contribution is 5.81. The van der Waals surface area contributed by atoms with Crippen molar-refractivity contribution in [3.05, 3.63) is 29.5 Å². The minimum absolute atomic E-state index is 0.908. The van der Waals surface area contributed by atoms with Crippen molar-refractivity contribution in [1.82, 2.24) is 10.5 Å². The summed E-state index contributed by atoms with van der Waals surface area (Å²) in [4.78, 5) is 0. The third-order valence-electron chi connectivity index (χ3n) is 2.87. The first-order valence-corrected chi connectivity index (χ1v) is 5.01. The van der Waals surface area contributed by atoms with Crippen molar-refractivity contribution in [3.63, 3.8) is 0 Å². The number of fused-ring (bicyclic) bond motifs is 3. The van der Waals surface area contributed by atoms with Gasteiger partial charge in [-0.2, -0.15) is 0 Å². The van der Waals surface area contributed by atoms with Crippen LogP contribution in [0.2, 0.25) is 0 Å². The van der Waals surface area contributed by atoms with Crippen molar-refractivity contribution < 1.29 is 4.52 Å². The lowest BCUT2D eigenvalue weighted by atomic mass is 10.00. The molecule has 0 saturated heterocycles. The summed E-state index contributed by atoms with van der Waals surface area (Å²) in [5.41, 5.74) is 3.75. The second-order valence-electron chi connectivity index (χ2n) is 3.69. The quantitative estimate of drug-likeness (QED) is 0.681. The van der Waals surface area contributed by atoms with E-state index in [9.17, 15) is 0 Å². The highest BCUT2D eigenvalue weighted by Gasteiger charge is 2.12. The Morgan fingerprint density at radius 1 is 1.21 bits per heavy atom. The number of nitrogens with one attached hydrogen (secondary N) is 1. The zero-order chi connectivity index (χ0) is 9.38. The summed E-state index contributed by atoms with van der Waals surface area (Å²) < 4.78 is 5.15. The molecule has 0 atom stereocenters. The lowest BCUT2D eigenvalue weighted by Gasteiger charge is -2.04. The van der Waals surface area contributed by atoms with E-state index < -0.39 is 0 Å². The summed E-state index contributed by atoms with van der Waals surface area (Å²) in [5.74, 6) is 0. The maximum atomic E-state index is 5.15. The first kappa shape index (κ1) is 8.00. The smallest absolute Gasteiger partial charge is 0.167 e. The largest absolute Gasteiger partial charge is 0.356 e. The fourth-order valence-corrected chi connectivity index (χ4v) is 2.14. The van der Waals surface area contributed by atoms with E-state index in [4.69, 9.17) is 4.52 Å². The fourth-order valence-electron chi connectivity index (χ4n) is 2.14. The van der Waals surface area contributed by atoms with Gasteiger partial charge in [0, 0.05) is 5.39 Å². The van der Waals surface area contributed by atoms with Gasteiger partial charge in [0.25, 0.3) is 0 Å². The van der Waals surface area contributed by atoms with E-state index in [1.165, 1.54) is 16.5 Å². The second kappa shape index (κ2) is 3.10. The summed E-state index contributed by atoms with van der Waals surface area (Å²) in [6.45, 7) is 2.13. The average molecular weight is 188 g/mol.